The summed E-state index contributed by atoms with van der Waals surface area (Å²) >= 11 is 0. The fourth-order valence-electron chi connectivity index (χ4n) is 2.93. The topological polar surface area (TPSA) is 70.0 Å². The first-order valence-corrected chi connectivity index (χ1v) is 7.59. The molecule has 1 N–H and O–H groups in total. The van der Waals surface area contributed by atoms with Crippen molar-refractivity contribution in [2.45, 2.75) is 12.8 Å². The average Bonchev–Trinajstić information content (AvgIpc) is 2.61. The van der Waals surface area contributed by atoms with E-state index in [4.69, 9.17) is 0 Å². The Bertz CT molecular complexity index is 839. The van der Waals surface area contributed by atoms with E-state index >= 15 is 0 Å². The van der Waals surface area contributed by atoms with Crippen molar-refractivity contribution >= 4 is 17.3 Å². The van der Waals surface area contributed by atoms with Crippen LogP contribution in [0.2, 0.25) is 0 Å². The molecule has 0 saturated carbocycles. The van der Waals surface area contributed by atoms with Gasteiger partial charge in [-0.15, -0.1) is 0 Å². The number of nitrogens with zero attached hydrogens (tertiary/aromatic N) is 1. The number of hydrogen-bond donors (Lipinski definition) is 1. The van der Waals surface area contributed by atoms with Crippen LogP contribution in [0.4, 0.5) is 10.1 Å². The molecule has 0 saturated heterocycles. The highest BCUT2D eigenvalue weighted by atomic mass is 19.1. The van der Waals surface area contributed by atoms with Crippen molar-refractivity contribution in [2.75, 3.05) is 11.9 Å². The summed E-state index contributed by atoms with van der Waals surface area (Å²) in [7, 11) is 0. The number of fused-ring (bicyclic) bond motifs is 1. The molecule has 5 heteroatoms. The summed E-state index contributed by atoms with van der Waals surface area (Å²) in [5, 5.41) is 12.8. The van der Waals surface area contributed by atoms with E-state index in [9.17, 15) is 19.2 Å². The number of anilines is 1. The lowest BCUT2D eigenvalue weighted by molar-refractivity contribution is -0.116. The molecule has 0 spiro atoms. The Morgan fingerprint density at radius 2 is 1.88 bits per heavy atom. The van der Waals surface area contributed by atoms with Crippen LogP contribution in [0.1, 0.15) is 22.3 Å². The maximum absolute atomic E-state index is 12.9. The molecule has 1 aliphatic heterocycles. The summed E-state index contributed by atoms with van der Waals surface area (Å²) < 4.78 is 12.9. The van der Waals surface area contributed by atoms with Crippen molar-refractivity contribution in [3.05, 3.63) is 65.5 Å². The molecule has 1 atom stereocenters. The Morgan fingerprint density at radius 1 is 1.17 bits per heavy atom. The quantitative estimate of drug-likeness (QED) is 0.693. The molecule has 2 aromatic carbocycles. The zero-order valence-corrected chi connectivity index (χ0v) is 12.9. The third-order valence-corrected chi connectivity index (χ3v) is 4.26. The predicted octanol–water partition coefficient (Wildman–Crippen LogP) is 3.15. The van der Waals surface area contributed by atoms with Crippen LogP contribution < -0.4 is 5.32 Å². The Labute approximate surface area is 138 Å². The molecule has 120 valence electrons. The summed E-state index contributed by atoms with van der Waals surface area (Å²) in [6.07, 6.45) is 0.246. The van der Waals surface area contributed by atoms with Gasteiger partial charge in [0.25, 0.3) is 0 Å². The number of carbonyl (C=O) groups excluding carboxylic acids is 2. The van der Waals surface area contributed by atoms with Crippen molar-refractivity contribution in [2.24, 2.45) is 5.41 Å². The summed E-state index contributed by atoms with van der Waals surface area (Å²) in [5.74, 6) is -1.80. The minimum absolute atomic E-state index is 0.138. The fourth-order valence-corrected chi connectivity index (χ4v) is 2.93. The van der Waals surface area contributed by atoms with Crippen molar-refractivity contribution < 1.29 is 14.0 Å². The molecule has 2 aromatic rings. The number of para-hydroxylation sites is 1. The van der Waals surface area contributed by atoms with Crippen LogP contribution >= 0.6 is 0 Å². The SMILES string of the molecule is N#C[C@@]1(CC(=O)C(=O)c2ccc(F)cc2)CNc2ccccc2C1. The second-order valence-electron chi connectivity index (χ2n) is 6.02. The van der Waals surface area contributed by atoms with Gasteiger partial charge < -0.3 is 5.32 Å². The minimum atomic E-state index is -0.957. The molecular formula is C19H15FN2O2. The lowest BCUT2D eigenvalue weighted by Gasteiger charge is -2.32. The van der Waals surface area contributed by atoms with Crippen LogP contribution in [-0.2, 0) is 11.2 Å². The number of nitriles is 1. The smallest absolute Gasteiger partial charge is 0.228 e. The van der Waals surface area contributed by atoms with E-state index in [0.717, 1.165) is 23.4 Å². The van der Waals surface area contributed by atoms with E-state index in [2.05, 4.69) is 11.4 Å². The highest BCUT2D eigenvalue weighted by molar-refractivity contribution is 6.43. The van der Waals surface area contributed by atoms with E-state index in [1.54, 1.807) is 0 Å². The third-order valence-electron chi connectivity index (χ3n) is 4.26. The highest BCUT2D eigenvalue weighted by Crippen LogP contribution is 2.35. The van der Waals surface area contributed by atoms with Gasteiger partial charge in [0.2, 0.25) is 11.6 Å². The zero-order valence-electron chi connectivity index (χ0n) is 12.9. The fraction of sp³-hybridized carbons (Fsp3) is 0.211. The lowest BCUT2D eigenvalue weighted by atomic mass is 9.75. The maximum Gasteiger partial charge on any atom is 0.228 e. The van der Waals surface area contributed by atoms with Crippen LogP contribution in [0.15, 0.2) is 48.5 Å². The molecule has 0 unspecified atom stereocenters. The van der Waals surface area contributed by atoms with Crippen molar-refractivity contribution in [1.29, 1.82) is 5.26 Å². The lowest BCUT2D eigenvalue weighted by Crippen LogP contribution is -2.38. The minimum Gasteiger partial charge on any atom is -0.383 e. The van der Waals surface area contributed by atoms with Crippen LogP contribution in [-0.4, -0.2) is 18.1 Å². The summed E-state index contributed by atoms with van der Waals surface area (Å²) in [6.45, 7) is 0.308. The van der Waals surface area contributed by atoms with Crippen molar-refractivity contribution in [3.63, 3.8) is 0 Å². The highest BCUT2D eigenvalue weighted by Gasteiger charge is 2.38. The van der Waals surface area contributed by atoms with Gasteiger partial charge in [0.05, 0.1) is 11.5 Å². The monoisotopic (exact) mass is 322 g/mol. The molecule has 0 fully saturated rings. The van der Waals surface area contributed by atoms with E-state index in [0.29, 0.717) is 13.0 Å². The molecule has 1 heterocycles. The molecule has 1 aliphatic rings. The van der Waals surface area contributed by atoms with E-state index in [1.165, 1.54) is 12.1 Å². The molecule has 4 nitrogen and oxygen atoms in total. The van der Waals surface area contributed by atoms with Gasteiger partial charge in [-0.05, 0) is 42.3 Å². The number of hydrogen-bond acceptors (Lipinski definition) is 4. The number of benzene rings is 2. The first-order chi connectivity index (χ1) is 11.5. The molecule has 0 bridgehead atoms. The van der Waals surface area contributed by atoms with Crippen LogP contribution in [0.5, 0.6) is 0 Å². The van der Waals surface area contributed by atoms with Gasteiger partial charge in [-0.25, -0.2) is 4.39 Å². The molecular weight excluding hydrogens is 307 g/mol. The predicted molar refractivity (Wildman–Crippen MR) is 87.0 cm³/mol. The summed E-state index contributed by atoms with van der Waals surface area (Å²) in [4.78, 5) is 24.6. The number of halogens is 1. The van der Waals surface area contributed by atoms with Gasteiger partial charge in [0.15, 0.2) is 0 Å². The van der Waals surface area contributed by atoms with Crippen LogP contribution in [0.25, 0.3) is 0 Å². The number of Topliss-reactive ketones (excluding diaryl/α,β-unsaturated/α-hetero) is 2. The number of rotatable bonds is 4. The molecule has 3 rings (SSSR count). The van der Waals surface area contributed by atoms with Gasteiger partial charge in [-0.2, -0.15) is 5.26 Å². The normalized spacial score (nSPS) is 18.8. The van der Waals surface area contributed by atoms with Crippen LogP contribution in [0.3, 0.4) is 0 Å². The van der Waals surface area contributed by atoms with Gasteiger partial charge >= 0.3 is 0 Å². The van der Waals surface area contributed by atoms with Gasteiger partial charge in [0.1, 0.15) is 5.82 Å². The van der Waals surface area contributed by atoms with Crippen LogP contribution in [0, 0.1) is 22.6 Å². The zero-order chi connectivity index (χ0) is 17.2. The molecule has 0 radical (unpaired) electrons. The largest absolute Gasteiger partial charge is 0.383 e. The standard InChI is InChI=1S/C19H15FN2O2/c20-15-7-5-13(6-8-15)18(24)17(23)10-19(11-21)9-14-3-1-2-4-16(14)22-12-19/h1-8,22H,9-10,12H2/t19-/m1/s1. The second kappa shape index (κ2) is 6.25. The average molecular weight is 322 g/mol. The Hall–Kier alpha value is -3.00. The van der Waals surface area contributed by atoms with Gasteiger partial charge in [-0.1, -0.05) is 18.2 Å². The van der Waals surface area contributed by atoms with E-state index in [-0.39, 0.29) is 12.0 Å². The molecule has 0 aliphatic carbocycles. The Balaban J connectivity index is 1.78. The molecule has 24 heavy (non-hydrogen) atoms. The number of ketones is 2. The van der Waals surface area contributed by atoms with Gasteiger partial charge in [-0.3, -0.25) is 9.59 Å². The van der Waals surface area contributed by atoms with E-state index < -0.39 is 22.8 Å². The second-order valence-corrected chi connectivity index (χ2v) is 6.02. The number of carbonyl (C=O) groups is 2. The van der Waals surface area contributed by atoms with Gasteiger partial charge in [0, 0.05) is 24.2 Å². The molecule has 0 aromatic heterocycles. The Morgan fingerprint density at radius 3 is 2.58 bits per heavy atom. The Kier molecular flexibility index (Phi) is 4.13. The van der Waals surface area contributed by atoms with E-state index in [1.807, 2.05) is 24.3 Å². The summed E-state index contributed by atoms with van der Waals surface area (Å²) in [5.41, 5.74) is 1.08. The maximum atomic E-state index is 12.9. The molecule has 0 amide bonds. The van der Waals surface area contributed by atoms with Crippen molar-refractivity contribution in [3.8, 4) is 6.07 Å². The summed E-state index contributed by atoms with van der Waals surface area (Å²) in [6, 6.07) is 14.6. The number of nitrogens with one attached hydrogen (secondary N) is 1. The first-order valence-electron chi connectivity index (χ1n) is 7.59. The first kappa shape index (κ1) is 15.9. The van der Waals surface area contributed by atoms with Crippen molar-refractivity contribution in [1.82, 2.24) is 0 Å². The third kappa shape index (κ3) is 3.04.